The van der Waals surface area contributed by atoms with Crippen molar-refractivity contribution in [3.63, 3.8) is 0 Å². The highest BCUT2D eigenvalue weighted by Gasteiger charge is 2.30. The summed E-state index contributed by atoms with van der Waals surface area (Å²) >= 11 is 0. The molecule has 0 saturated carbocycles. The van der Waals surface area contributed by atoms with E-state index in [1.165, 1.54) is 11.1 Å². The van der Waals surface area contributed by atoms with Gasteiger partial charge in [-0.1, -0.05) is 81.4 Å². The lowest BCUT2D eigenvalue weighted by atomic mass is 9.74. The van der Waals surface area contributed by atoms with E-state index in [1.807, 2.05) is 12.1 Å². The van der Waals surface area contributed by atoms with Gasteiger partial charge in [0.25, 0.3) is 0 Å². The van der Waals surface area contributed by atoms with Crippen LogP contribution in [0, 0.1) is 5.41 Å². The summed E-state index contributed by atoms with van der Waals surface area (Å²) in [4.78, 5) is 0. The molecule has 0 aliphatic rings. The maximum atomic E-state index is 6.56. The van der Waals surface area contributed by atoms with Gasteiger partial charge in [-0.15, -0.1) is 0 Å². The molecule has 0 spiro atoms. The van der Waals surface area contributed by atoms with Gasteiger partial charge in [0.15, 0.2) is 0 Å². The molecule has 2 aromatic rings. The Hall–Kier alpha value is -1.60. The van der Waals surface area contributed by atoms with Crippen molar-refractivity contribution in [1.29, 1.82) is 0 Å². The summed E-state index contributed by atoms with van der Waals surface area (Å²) in [6, 6.07) is 21.2. The summed E-state index contributed by atoms with van der Waals surface area (Å²) in [5, 5.41) is 0. The highest BCUT2D eigenvalue weighted by Crippen LogP contribution is 2.35. The fourth-order valence-corrected chi connectivity index (χ4v) is 2.43. The second-order valence-corrected chi connectivity index (χ2v) is 6.19. The molecule has 1 unspecified atom stereocenters. The molecule has 19 heavy (non-hydrogen) atoms. The quantitative estimate of drug-likeness (QED) is 0.872. The van der Waals surface area contributed by atoms with Crippen LogP contribution in [0.25, 0.3) is 0 Å². The summed E-state index contributed by atoms with van der Waals surface area (Å²) in [6.07, 6.45) is 0. The molecule has 100 valence electrons. The predicted octanol–water partition coefficient (Wildman–Crippen LogP) is 4.19. The van der Waals surface area contributed by atoms with E-state index in [-0.39, 0.29) is 17.4 Å². The Morgan fingerprint density at radius 2 is 1.11 bits per heavy atom. The smallest absolute Gasteiger partial charge is 0.0246 e. The van der Waals surface area contributed by atoms with Gasteiger partial charge in [0.2, 0.25) is 0 Å². The zero-order chi connectivity index (χ0) is 13.9. The first kappa shape index (κ1) is 13.8. The molecule has 0 heterocycles. The first-order valence-corrected chi connectivity index (χ1v) is 6.85. The first-order valence-electron chi connectivity index (χ1n) is 6.85. The Bertz CT molecular complexity index is 457. The van der Waals surface area contributed by atoms with E-state index in [0.717, 1.165) is 0 Å². The van der Waals surface area contributed by atoms with E-state index in [2.05, 4.69) is 69.3 Å². The van der Waals surface area contributed by atoms with Gasteiger partial charge in [-0.25, -0.2) is 0 Å². The second-order valence-electron chi connectivity index (χ2n) is 6.19. The van der Waals surface area contributed by atoms with Gasteiger partial charge >= 0.3 is 0 Å². The molecule has 1 nitrogen and oxygen atoms in total. The highest BCUT2D eigenvalue weighted by molar-refractivity contribution is 5.34. The van der Waals surface area contributed by atoms with E-state index < -0.39 is 0 Å². The monoisotopic (exact) mass is 253 g/mol. The summed E-state index contributed by atoms with van der Waals surface area (Å²) in [7, 11) is 0. The number of rotatable bonds is 3. The van der Waals surface area contributed by atoms with Gasteiger partial charge in [0, 0.05) is 12.0 Å². The van der Waals surface area contributed by atoms with Crippen molar-refractivity contribution in [3.05, 3.63) is 71.8 Å². The second kappa shape index (κ2) is 5.58. The third-order valence-electron chi connectivity index (χ3n) is 3.68. The number of nitrogens with two attached hydrogens (primary N) is 1. The normalized spacial score (nSPS) is 13.5. The van der Waals surface area contributed by atoms with Crippen LogP contribution in [0.1, 0.15) is 37.8 Å². The van der Waals surface area contributed by atoms with Crippen LogP contribution in [-0.4, -0.2) is 6.04 Å². The topological polar surface area (TPSA) is 26.0 Å². The third kappa shape index (κ3) is 3.24. The Kier molecular flexibility index (Phi) is 4.06. The van der Waals surface area contributed by atoms with Crippen LogP contribution in [0.4, 0.5) is 0 Å². The zero-order valence-electron chi connectivity index (χ0n) is 12.0. The van der Waals surface area contributed by atoms with Crippen molar-refractivity contribution in [1.82, 2.24) is 0 Å². The minimum Gasteiger partial charge on any atom is -0.326 e. The molecule has 2 aromatic carbocycles. The maximum absolute atomic E-state index is 6.56. The number of hydrogen-bond acceptors (Lipinski definition) is 1. The Labute approximate surface area is 116 Å². The number of hydrogen-bond donors (Lipinski definition) is 1. The fourth-order valence-electron chi connectivity index (χ4n) is 2.43. The first-order chi connectivity index (χ1) is 9.00. The van der Waals surface area contributed by atoms with E-state index in [9.17, 15) is 0 Å². The molecule has 0 bridgehead atoms. The van der Waals surface area contributed by atoms with Crippen LogP contribution >= 0.6 is 0 Å². The minimum atomic E-state index is 0.0658. The Morgan fingerprint density at radius 1 is 0.737 bits per heavy atom. The molecular formula is C18H23N. The van der Waals surface area contributed by atoms with Gasteiger partial charge in [-0.3, -0.25) is 0 Å². The lowest BCUT2D eigenvalue weighted by molar-refractivity contribution is 0.297. The van der Waals surface area contributed by atoms with Crippen LogP contribution in [0.2, 0.25) is 0 Å². The molecule has 0 amide bonds. The maximum Gasteiger partial charge on any atom is 0.0246 e. The molecule has 0 saturated heterocycles. The molecule has 1 heteroatoms. The summed E-state index contributed by atoms with van der Waals surface area (Å²) in [6.45, 7) is 6.61. The lowest BCUT2D eigenvalue weighted by Gasteiger charge is -2.35. The standard InChI is InChI=1S/C18H23N/c1-18(2,3)17(19)16(14-10-6-4-7-11-14)15-12-8-5-9-13-15/h4-13,16-17H,19H2,1-3H3. The van der Waals surface area contributed by atoms with Crippen LogP contribution in [0.3, 0.4) is 0 Å². The fraction of sp³-hybridized carbons (Fsp3) is 0.333. The lowest BCUT2D eigenvalue weighted by Crippen LogP contribution is -2.41. The number of benzene rings is 2. The van der Waals surface area contributed by atoms with Crippen molar-refractivity contribution < 1.29 is 0 Å². The molecule has 0 aliphatic heterocycles. The van der Waals surface area contributed by atoms with Gasteiger partial charge in [0.1, 0.15) is 0 Å². The van der Waals surface area contributed by atoms with Gasteiger partial charge < -0.3 is 5.73 Å². The Balaban J connectivity index is 2.46. The molecule has 0 fully saturated rings. The van der Waals surface area contributed by atoms with Crippen LogP contribution in [0.5, 0.6) is 0 Å². The van der Waals surface area contributed by atoms with Crippen molar-refractivity contribution in [2.24, 2.45) is 11.1 Å². The van der Waals surface area contributed by atoms with Crippen LogP contribution < -0.4 is 5.73 Å². The van der Waals surface area contributed by atoms with Crippen LogP contribution in [0.15, 0.2) is 60.7 Å². The SMILES string of the molecule is CC(C)(C)C(N)C(c1ccccc1)c1ccccc1. The third-order valence-corrected chi connectivity index (χ3v) is 3.68. The molecule has 2 N–H and O–H groups in total. The molecule has 1 atom stereocenters. The minimum absolute atomic E-state index is 0.0658. The Morgan fingerprint density at radius 3 is 1.42 bits per heavy atom. The van der Waals surface area contributed by atoms with Crippen molar-refractivity contribution in [2.75, 3.05) is 0 Å². The van der Waals surface area contributed by atoms with Gasteiger partial charge in [-0.05, 0) is 16.5 Å². The molecule has 0 aromatic heterocycles. The summed E-state index contributed by atoms with van der Waals surface area (Å²) in [5.41, 5.74) is 9.20. The average molecular weight is 253 g/mol. The largest absolute Gasteiger partial charge is 0.326 e. The van der Waals surface area contributed by atoms with Gasteiger partial charge in [0.05, 0.1) is 0 Å². The zero-order valence-corrected chi connectivity index (χ0v) is 12.0. The summed E-state index contributed by atoms with van der Waals surface area (Å²) < 4.78 is 0. The van der Waals surface area contributed by atoms with Crippen molar-refractivity contribution >= 4 is 0 Å². The van der Waals surface area contributed by atoms with E-state index in [1.54, 1.807) is 0 Å². The highest BCUT2D eigenvalue weighted by atomic mass is 14.7. The van der Waals surface area contributed by atoms with Crippen LogP contribution in [-0.2, 0) is 0 Å². The molecule has 0 aliphatic carbocycles. The van der Waals surface area contributed by atoms with Crippen molar-refractivity contribution in [3.8, 4) is 0 Å². The van der Waals surface area contributed by atoms with Crippen molar-refractivity contribution in [2.45, 2.75) is 32.7 Å². The molecule has 0 radical (unpaired) electrons. The molecule has 2 rings (SSSR count). The van der Waals surface area contributed by atoms with E-state index in [0.29, 0.717) is 0 Å². The van der Waals surface area contributed by atoms with E-state index in [4.69, 9.17) is 5.73 Å². The van der Waals surface area contributed by atoms with Gasteiger partial charge in [-0.2, -0.15) is 0 Å². The predicted molar refractivity (Wildman–Crippen MR) is 82.2 cm³/mol. The van der Waals surface area contributed by atoms with E-state index >= 15 is 0 Å². The average Bonchev–Trinajstić information content (AvgIpc) is 2.40. The molecular weight excluding hydrogens is 230 g/mol. The summed E-state index contributed by atoms with van der Waals surface area (Å²) in [5.74, 6) is 0.238.